The van der Waals surface area contributed by atoms with Gasteiger partial charge in [-0.15, -0.1) is 0 Å². The quantitative estimate of drug-likeness (QED) is 0.891. The Balaban J connectivity index is 1.67. The van der Waals surface area contributed by atoms with Gasteiger partial charge in [-0.05, 0) is 30.9 Å². The van der Waals surface area contributed by atoms with Crippen LogP contribution in [0.2, 0.25) is 0 Å². The number of nitrogens with one attached hydrogen (secondary N) is 1. The lowest BCUT2D eigenvalue weighted by atomic mass is 9.85. The van der Waals surface area contributed by atoms with Crippen LogP contribution in [-0.2, 0) is 0 Å². The fraction of sp³-hybridized carbons (Fsp3) is 0.467. The number of carbonyl (C=O) groups is 1. The van der Waals surface area contributed by atoms with Gasteiger partial charge in [-0.2, -0.15) is 5.10 Å². The van der Waals surface area contributed by atoms with Crippen LogP contribution in [0.15, 0.2) is 30.6 Å². The molecule has 2 unspecified atom stereocenters. The van der Waals surface area contributed by atoms with Crippen LogP contribution in [0.3, 0.4) is 0 Å². The lowest BCUT2D eigenvalue weighted by molar-refractivity contribution is 0.0943. The molecule has 1 aliphatic carbocycles. The van der Waals surface area contributed by atoms with Crippen LogP contribution in [0.4, 0.5) is 0 Å². The third-order valence-electron chi connectivity index (χ3n) is 4.16. The molecule has 0 radical (unpaired) electrons. The van der Waals surface area contributed by atoms with Gasteiger partial charge in [0.2, 0.25) is 0 Å². The lowest BCUT2D eigenvalue weighted by Crippen LogP contribution is -2.41. The number of nitrogens with two attached hydrogens (primary N) is 1. The Morgan fingerprint density at radius 1 is 1.40 bits per heavy atom. The average Bonchev–Trinajstić information content (AvgIpc) is 2.90. The minimum absolute atomic E-state index is 0.0658. The van der Waals surface area contributed by atoms with Crippen molar-refractivity contribution in [3.63, 3.8) is 0 Å². The fourth-order valence-electron chi connectivity index (χ4n) is 2.92. The highest BCUT2D eigenvalue weighted by Gasteiger charge is 2.22. The van der Waals surface area contributed by atoms with Gasteiger partial charge in [0.25, 0.3) is 5.91 Å². The number of hydrogen-bond donors (Lipinski definition) is 2. The van der Waals surface area contributed by atoms with Crippen molar-refractivity contribution in [2.45, 2.75) is 31.7 Å². The van der Waals surface area contributed by atoms with Gasteiger partial charge >= 0.3 is 0 Å². The van der Waals surface area contributed by atoms with E-state index in [0.717, 1.165) is 18.4 Å². The molecule has 106 valence electrons. The predicted molar refractivity (Wildman–Crippen MR) is 77.5 cm³/mol. The molecule has 1 saturated carbocycles. The van der Waals surface area contributed by atoms with Crippen molar-refractivity contribution in [2.75, 3.05) is 6.54 Å². The normalized spacial score (nSPS) is 22.9. The zero-order chi connectivity index (χ0) is 13.9. The molecule has 1 amide bonds. The van der Waals surface area contributed by atoms with Crippen molar-refractivity contribution in [1.29, 1.82) is 0 Å². The van der Waals surface area contributed by atoms with Crippen molar-refractivity contribution in [1.82, 2.24) is 14.9 Å². The minimum atomic E-state index is -0.0658. The second-order valence-electron chi connectivity index (χ2n) is 5.51. The molecule has 5 heteroatoms. The first-order chi connectivity index (χ1) is 9.75. The Hall–Kier alpha value is -1.88. The number of amides is 1. The van der Waals surface area contributed by atoms with Crippen molar-refractivity contribution in [3.8, 4) is 0 Å². The number of nitrogens with zero attached hydrogens (tertiary/aromatic N) is 2. The molecular formula is C15H20N4O. The van der Waals surface area contributed by atoms with Crippen LogP contribution in [0.1, 0.15) is 36.0 Å². The molecule has 0 saturated heterocycles. The molecule has 3 N–H and O–H groups in total. The highest BCUT2D eigenvalue weighted by atomic mass is 16.1. The summed E-state index contributed by atoms with van der Waals surface area (Å²) in [5, 5.41) is 7.19. The van der Waals surface area contributed by atoms with E-state index in [0.29, 0.717) is 18.0 Å². The fourth-order valence-corrected chi connectivity index (χ4v) is 2.92. The molecule has 3 rings (SSSR count). The standard InChI is InChI=1S/C15H20N4O/c16-13-6-2-1-5-11(13)9-17-15(20)12-10-18-19-8-4-3-7-14(12)19/h3-4,7-8,10-11,13H,1-2,5-6,9,16H2,(H,17,20). The number of aromatic nitrogens is 2. The summed E-state index contributed by atoms with van der Waals surface area (Å²) in [5.41, 5.74) is 7.56. The second kappa shape index (κ2) is 5.63. The lowest BCUT2D eigenvalue weighted by Gasteiger charge is -2.28. The van der Waals surface area contributed by atoms with Gasteiger partial charge in [0.1, 0.15) is 0 Å². The Bertz CT molecular complexity index is 607. The van der Waals surface area contributed by atoms with Gasteiger partial charge in [0.05, 0.1) is 17.3 Å². The first kappa shape index (κ1) is 13.1. The van der Waals surface area contributed by atoms with E-state index in [1.165, 1.54) is 12.8 Å². The summed E-state index contributed by atoms with van der Waals surface area (Å²) in [4.78, 5) is 12.3. The number of fused-ring (bicyclic) bond motifs is 1. The second-order valence-corrected chi connectivity index (χ2v) is 5.51. The topological polar surface area (TPSA) is 72.4 Å². The molecule has 2 aromatic heterocycles. The van der Waals surface area contributed by atoms with Crippen molar-refractivity contribution in [2.24, 2.45) is 11.7 Å². The molecule has 0 aliphatic heterocycles. The van der Waals surface area contributed by atoms with Crippen molar-refractivity contribution < 1.29 is 4.79 Å². The SMILES string of the molecule is NC1CCCCC1CNC(=O)c1cnn2ccccc12. The predicted octanol–water partition coefficient (Wildman–Crippen LogP) is 1.58. The molecule has 2 atom stereocenters. The summed E-state index contributed by atoms with van der Waals surface area (Å²) in [6.07, 6.45) is 8.05. The summed E-state index contributed by atoms with van der Waals surface area (Å²) in [6, 6.07) is 5.91. The van der Waals surface area contributed by atoms with Gasteiger partial charge in [-0.3, -0.25) is 4.79 Å². The van der Waals surface area contributed by atoms with E-state index in [1.54, 1.807) is 10.7 Å². The third-order valence-corrected chi connectivity index (χ3v) is 4.16. The summed E-state index contributed by atoms with van der Waals surface area (Å²) in [5.74, 6) is 0.332. The van der Waals surface area contributed by atoms with Gasteiger partial charge in [-0.1, -0.05) is 18.9 Å². The number of rotatable bonds is 3. The molecule has 5 nitrogen and oxygen atoms in total. The zero-order valence-corrected chi connectivity index (χ0v) is 11.5. The van der Waals surface area contributed by atoms with E-state index < -0.39 is 0 Å². The molecule has 1 aliphatic rings. The van der Waals surface area contributed by atoms with E-state index in [1.807, 2.05) is 24.4 Å². The largest absolute Gasteiger partial charge is 0.352 e. The number of carbonyl (C=O) groups excluding carboxylic acids is 1. The average molecular weight is 272 g/mol. The molecule has 2 heterocycles. The van der Waals surface area contributed by atoms with Crippen LogP contribution in [0, 0.1) is 5.92 Å². The molecule has 20 heavy (non-hydrogen) atoms. The van der Waals surface area contributed by atoms with Gasteiger partial charge in [0, 0.05) is 18.8 Å². The van der Waals surface area contributed by atoms with E-state index in [-0.39, 0.29) is 11.9 Å². The van der Waals surface area contributed by atoms with Crippen LogP contribution in [-0.4, -0.2) is 28.1 Å². The molecule has 0 bridgehead atoms. The highest BCUT2D eigenvalue weighted by Crippen LogP contribution is 2.22. The zero-order valence-electron chi connectivity index (χ0n) is 11.5. The van der Waals surface area contributed by atoms with Crippen LogP contribution in [0.5, 0.6) is 0 Å². The van der Waals surface area contributed by atoms with E-state index in [2.05, 4.69) is 10.4 Å². The monoisotopic (exact) mass is 272 g/mol. The first-order valence-electron chi connectivity index (χ1n) is 7.22. The summed E-state index contributed by atoms with van der Waals surface area (Å²) < 4.78 is 1.71. The van der Waals surface area contributed by atoms with Gasteiger partial charge in [0.15, 0.2) is 0 Å². The third kappa shape index (κ3) is 2.54. The van der Waals surface area contributed by atoms with Gasteiger partial charge < -0.3 is 11.1 Å². The molecule has 0 spiro atoms. The van der Waals surface area contributed by atoms with Crippen LogP contribution >= 0.6 is 0 Å². The van der Waals surface area contributed by atoms with Crippen LogP contribution in [0.25, 0.3) is 5.52 Å². The number of pyridine rings is 1. The maximum atomic E-state index is 12.3. The maximum Gasteiger partial charge on any atom is 0.255 e. The molecule has 1 fully saturated rings. The van der Waals surface area contributed by atoms with Crippen LogP contribution < -0.4 is 11.1 Å². The van der Waals surface area contributed by atoms with E-state index in [4.69, 9.17) is 5.73 Å². The Morgan fingerprint density at radius 2 is 2.25 bits per heavy atom. The van der Waals surface area contributed by atoms with E-state index >= 15 is 0 Å². The Morgan fingerprint density at radius 3 is 3.10 bits per heavy atom. The maximum absolute atomic E-state index is 12.3. The molecule has 2 aromatic rings. The Labute approximate surface area is 118 Å². The summed E-state index contributed by atoms with van der Waals surface area (Å²) in [7, 11) is 0. The van der Waals surface area contributed by atoms with E-state index in [9.17, 15) is 4.79 Å². The smallest absolute Gasteiger partial charge is 0.255 e. The minimum Gasteiger partial charge on any atom is -0.352 e. The summed E-state index contributed by atoms with van der Waals surface area (Å²) in [6.45, 7) is 0.657. The first-order valence-corrected chi connectivity index (χ1v) is 7.22. The Kier molecular flexibility index (Phi) is 3.69. The van der Waals surface area contributed by atoms with Crippen molar-refractivity contribution in [3.05, 3.63) is 36.2 Å². The van der Waals surface area contributed by atoms with Gasteiger partial charge in [-0.25, -0.2) is 4.52 Å². The molecule has 0 aromatic carbocycles. The highest BCUT2D eigenvalue weighted by molar-refractivity contribution is 6.00. The summed E-state index contributed by atoms with van der Waals surface area (Å²) >= 11 is 0. The molecular weight excluding hydrogens is 252 g/mol. The van der Waals surface area contributed by atoms with Crippen molar-refractivity contribution >= 4 is 11.4 Å². The number of hydrogen-bond acceptors (Lipinski definition) is 3.